The second kappa shape index (κ2) is 27.2. The number of carbonyl (C=O) groups excluding carboxylic acids is 1. The van der Waals surface area contributed by atoms with Crippen LogP contribution in [0, 0.1) is 11.8 Å². The van der Waals surface area contributed by atoms with Gasteiger partial charge in [0.25, 0.3) is 0 Å². The fourth-order valence-electron chi connectivity index (χ4n) is 2.18. The third kappa shape index (κ3) is 22.1. The summed E-state index contributed by atoms with van der Waals surface area (Å²) >= 11 is 0. The Morgan fingerprint density at radius 1 is 0.806 bits per heavy atom. The van der Waals surface area contributed by atoms with Gasteiger partial charge in [0, 0.05) is 11.8 Å². The summed E-state index contributed by atoms with van der Waals surface area (Å²) in [5.74, 6) is -1.16. The number of hydrogen-bond acceptors (Lipinski definition) is 9. The first-order valence-electron chi connectivity index (χ1n) is 11.4. The Morgan fingerprint density at radius 3 is 1.58 bits per heavy atom. The summed E-state index contributed by atoms with van der Waals surface area (Å²) in [5.41, 5.74) is 10.7. The highest BCUT2D eigenvalue weighted by Crippen LogP contribution is 2.01. The molecule has 1 amide bonds. The SMILES string of the molecule is CC.CC.NC(=O)C(N)CCCCNC(COCC(CO)CO)COCC(CO)CO. The molecule has 0 radical (unpaired) electrons. The number of ether oxygens (including phenoxy) is 2. The molecule has 0 aliphatic carbocycles. The molecule has 10 nitrogen and oxygen atoms in total. The zero-order valence-electron chi connectivity index (χ0n) is 20.0. The molecule has 10 heteroatoms. The molecule has 0 aromatic rings. The van der Waals surface area contributed by atoms with E-state index in [0.29, 0.717) is 26.2 Å². The van der Waals surface area contributed by atoms with Crippen LogP contribution in [-0.4, -0.2) is 97.8 Å². The van der Waals surface area contributed by atoms with E-state index in [-0.39, 0.29) is 57.5 Å². The van der Waals surface area contributed by atoms with Gasteiger partial charge in [-0.3, -0.25) is 4.79 Å². The number of rotatable bonds is 19. The quantitative estimate of drug-likeness (QED) is 0.123. The lowest BCUT2D eigenvalue weighted by Gasteiger charge is -2.21. The third-order valence-electron chi connectivity index (χ3n) is 4.12. The van der Waals surface area contributed by atoms with E-state index in [4.69, 9.17) is 41.4 Å². The van der Waals surface area contributed by atoms with Crippen LogP contribution < -0.4 is 16.8 Å². The minimum atomic E-state index is -0.629. The third-order valence-corrected chi connectivity index (χ3v) is 4.12. The molecule has 0 saturated heterocycles. The molecule has 0 spiro atoms. The monoisotopic (exact) mass is 455 g/mol. The summed E-state index contributed by atoms with van der Waals surface area (Å²) in [4.78, 5) is 10.9. The molecular weight excluding hydrogens is 406 g/mol. The van der Waals surface area contributed by atoms with Crippen molar-refractivity contribution < 1.29 is 34.7 Å². The number of aliphatic hydroxyl groups is 4. The van der Waals surface area contributed by atoms with Crippen molar-refractivity contribution in [3.8, 4) is 0 Å². The number of aliphatic hydroxyl groups excluding tert-OH is 4. The van der Waals surface area contributed by atoms with Gasteiger partial charge in [-0.05, 0) is 19.4 Å². The highest BCUT2D eigenvalue weighted by Gasteiger charge is 2.14. The minimum Gasteiger partial charge on any atom is -0.396 e. The summed E-state index contributed by atoms with van der Waals surface area (Å²) in [7, 11) is 0. The molecular formula is C21H49N3O7. The molecule has 0 fully saturated rings. The maximum absolute atomic E-state index is 10.9. The Labute approximate surface area is 188 Å². The fourth-order valence-corrected chi connectivity index (χ4v) is 2.18. The van der Waals surface area contributed by atoms with E-state index >= 15 is 0 Å². The van der Waals surface area contributed by atoms with Gasteiger partial charge in [-0.1, -0.05) is 34.1 Å². The lowest BCUT2D eigenvalue weighted by molar-refractivity contribution is -0.119. The van der Waals surface area contributed by atoms with E-state index in [1.54, 1.807) is 0 Å². The minimum absolute atomic E-state index is 0.133. The zero-order valence-corrected chi connectivity index (χ0v) is 20.0. The van der Waals surface area contributed by atoms with Crippen LogP contribution >= 0.6 is 0 Å². The van der Waals surface area contributed by atoms with Crippen molar-refractivity contribution >= 4 is 5.91 Å². The standard InChI is InChI=1S/C17H37N3O7.2C2H6/c18-16(17(19)25)3-1-2-4-20-15(11-26-9-13(5-21)6-22)12-27-10-14(7-23)8-24;2*1-2/h13-16,20-24H,1-12,18H2,(H2,19,25);2*1-2H3. The summed E-state index contributed by atoms with van der Waals surface area (Å²) in [6.45, 7) is 9.15. The molecule has 0 aliphatic heterocycles. The van der Waals surface area contributed by atoms with E-state index in [1.165, 1.54) is 0 Å². The van der Waals surface area contributed by atoms with Gasteiger partial charge < -0.3 is 46.7 Å². The molecule has 0 aromatic heterocycles. The predicted octanol–water partition coefficient (Wildman–Crippen LogP) is -0.785. The number of nitrogens with two attached hydrogens (primary N) is 2. The number of primary amides is 1. The lowest BCUT2D eigenvalue weighted by Crippen LogP contribution is -2.40. The van der Waals surface area contributed by atoms with Gasteiger partial charge in [-0.15, -0.1) is 0 Å². The van der Waals surface area contributed by atoms with Crippen molar-refractivity contribution in [3.05, 3.63) is 0 Å². The molecule has 0 heterocycles. The Kier molecular flexibility index (Phi) is 30.5. The molecule has 1 atom stereocenters. The second-order valence-electron chi connectivity index (χ2n) is 6.69. The van der Waals surface area contributed by atoms with Crippen LogP contribution in [-0.2, 0) is 14.3 Å². The van der Waals surface area contributed by atoms with Gasteiger partial charge in [0.1, 0.15) is 0 Å². The van der Waals surface area contributed by atoms with Crippen molar-refractivity contribution in [2.75, 3.05) is 59.4 Å². The zero-order chi connectivity index (χ0) is 24.5. The van der Waals surface area contributed by atoms with Gasteiger partial charge in [-0.2, -0.15) is 0 Å². The van der Waals surface area contributed by atoms with Crippen molar-refractivity contribution in [2.24, 2.45) is 23.3 Å². The summed E-state index contributed by atoms with van der Waals surface area (Å²) < 4.78 is 11.1. The van der Waals surface area contributed by atoms with E-state index in [2.05, 4.69) is 5.32 Å². The Hall–Kier alpha value is -0.850. The molecule has 0 aromatic carbocycles. The summed E-state index contributed by atoms with van der Waals surface area (Å²) in [5, 5.41) is 39.5. The van der Waals surface area contributed by atoms with Crippen LogP contribution in [0.2, 0.25) is 0 Å². The number of carbonyl (C=O) groups is 1. The molecule has 31 heavy (non-hydrogen) atoms. The number of hydrogen-bond donors (Lipinski definition) is 7. The summed E-state index contributed by atoms with van der Waals surface area (Å²) in [6, 6.07) is -0.763. The van der Waals surface area contributed by atoms with E-state index < -0.39 is 11.9 Å². The van der Waals surface area contributed by atoms with Gasteiger partial charge in [0.2, 0.25) is 5.91 Å². The van der Waals surface area contributed by atoms with Gasteiger partial charge >= 0.3 is 0 Å². The Bertz CT molecular complexity index is 340. The maximum atomic E-state index is 10.9. The van der Waals surface area contributed by atoms with Crippen LogP contribution in [0.25, 0.3) is 0 Å². The number of nitrogens with one attached hydrogen (secondary N) is 1. The average molecular weight is 456 g/mol. The topological polar surface area (TPSA) is 181 Å². The van der Waals surface area contributed by atoms with E-state index in [1.807, 2.05) is 27.7 Å². The molecule has 0 rings (SSSR count). The molecule has 0 saturated carbocycles. The maximum Gasteiger partial charge on any atom is 0.234 e. The lowest BCUT2D eigenvalue weighted by atomic mass is 10.1. The average Bonchev–Trinajstić information content (AvgIpc) is 2.81. The fraction of sp³-hybridized carbons (Fsp3) is 0.952. The second-order valence-corrected chi connectivity index (χ2v) is 6.69. The molecule has 190 valence electrons. The van der Waals surface area contributed by atoms with Crippen molar-refractivity contribution in [3.63, 3.8) is 0 Å². The van der Waals surface area contributed by atoms with Crippen LogP contribution in [0.3, 0.4) is 0 Å². The van der Waals surface area contributed by atoms with Crippen LogP contribution in [0.1, 0.15) is 47.0 Å². The van der Waals surface area contributed by atoms with E-state index in [0.717, 1.165) is 12.8 Å². The van der Waals surface area contributed by atoms with Crippen LogP contribution in [0.4, 0.5) is 0 Å². The molecule has 0 bridgehead atoms. The first-order chi connectivity index (χ1) is 15.0. The van der Waals surface area contributed by atoms with Gasteiger partial charge in [-0.25, -0.2) is 0 Å². The van der Waals surface area contributed by atoms with Gasteiger partial charge in [0.05, 0.1) is 64.9 Å². The molecule has 0 aliphatic rings. The molecule has 9 N–H and O–H groups in total. The Morgan fingerprint density at radius 2 is 1.23 bits per heavy atom. The van der Waals surface area contributed by atoms with Crippen molar-refractivity contribution in [1.82, 2.24) is 5.32 Å². The predicted molar refractivity (Wildman–Crippen MR) is 122 cm³/mol. The number of unbranched alkanes of at least 4 members (excludes halogenated alkanes) is 1. The highest BCUT2D eigenvalue weighted by atomic mass is 16.5. The first-order valence-corrected chi connectivity index (χ1v) is 11.4. The summed E-state index contributed by atoms with van der Waals surface area (Å²) in [6.07, 6.45) is 2.07. The van der Waals surface area contributed by atoms with Crippen molar-refractivity contribution in [1.29, 1.82) is 0 Å². The first kappa shape index (κ1) is 34.8. The molecule has 1 unspecified atom stereocenters. The highest BCUT2D eigenvalue weighted by molar-refractivity contribution is 5.79. The Balaban J connectivity index is -0.00000184. The smallest absolute Gasteiger partial charge is 0.234 e. The normalized spacial score (nSPS) is 11.7. The van der Waals surface area contributed by atoms with Crippen molar-refractivity contribution in [2.45, 2.75) is 59.0 Å². The van der Waals surface area contributed by atoms with Gasteiger partial charge in [0.15, 0.2) is 0 Å². The van der Waals surface area contributed by atoms with E-state index in [9.17, 15) is 4.79 Å². The number of amides is 1. The largest absolute Gasteiger partial charge is 0.396 e. The van der Waals surface area contributed by atoms with Crippen LogP contribution in [0.5, 0.6) is 0 Å². The van der Waals surface area contributed by atoms with Crippen LogP contribution in [0.15, 0.2) is 0 Å².